The van der Waals surface area contributed by atoms with Crippen LogP contribution in [0.1, 0.15) is 47.9 Å². The Morgan fingerprint density at radius 3 is 2.04 bits per heavy atom. The van der Waals surface area contributed by atoms with Gasteiger partial charge < -0.3 is 14.6 Å². The van der Waals surface area contributed by atoms with Gasteiger partial charge in [0.25, 0.3) is 0 Å². The summed E-state index contributed by atoms with van der Waals surface area (Å²) >= 11 is 0. The second-order valence-corrected chi connectivity index (χ2v) is 12.5. The number of hydrogen-bond donors (Lipinski definition) is 2. The van der Waals surface area contributed by atoms with Gasteiger partial charge in [-0.15, -0.1) is 0 Å². The van der Waals surface area contributed by atoms with Crippen LogP contribution in [-0.2, 0) is 31.2 Å². The number of likely N-dealkylation sites (tertiary alicyclic amines) is 1. The quantitative estimate of drug-likeness (QED) is 0.241. The first kappa shape index (κ1) is 29.7. The largest absolute Gasteiger partial charge is 0.480 e. The Hall–Kier alpha value is -4.95. The number of amides is 1. The topological polar surface area (TPSA) is 105 Å². The number of esters is 1. The van der Waals surface area contributed by atoms with E-state index in [1.54, 1.807) is 0 Å². The van der Waals surface area contributed by atoms with Gasteiger partial charge in [0.1, 0.15) is 18.2 Å². The van der Waals surface area contributed by atoms with Crippen LogP contribution in [0.3, 0.4) is 0 Å². The molecule has 1 saturated carbocycles. The molecule has 1 amide bonds. The zero-order chi connectivity index (χ0) is 31.9. The summed E-state index contributed by atoms with van der Waals surface area (Å²) in [5.41, 5.74) is 3.77. The van der Waals surface area contributed by atoms with Gasteiger partial charge in [-0.2, -0.15) is 0 Å². The van der Waals surface area contributed by atoms with Crippen LogP contribution in [0.5, 0.6) is 0 Å². The number of carbonyl (C=O) groups is 3. The lowest BCUT2D eigenvalue weighted by Gasteiger charge is -2.48. The zero-order valence-corrected chi connectivity index (χ0v) is 25.6. The van der Waals surface area contributed by atoms with Gasteiger partial charge in [0.15, 0.2) is 0 Å². The number of fused-ring (bicyclic) bond motifs is 4. The molecule has 8 nitrogen and oxygen atoms in total. The maximum absolute atomic E-state index is 14.1. The SMILES string of the molecule is COC(=O)[C@@]1(NC2(c3ccccc3)c3ccccc3-c3ccccc32)CC[C@@H]2C[C@@H](C(=O)O)N(C(=O)OCc3ccccc3)[C@@H]2C1. The fraction of sp³-hybridized carbons (Fsp3) is 0.289. The third-order valence-electron chi connectivity index (χ3n) is 10.1. The van der Waals surface area contributed by atoms with E-state index < -0.39 is 41.2 Å². The van der Waals surface area contributed by atoms with Crippen LogP contribution in [0.15, 0.2) is 109 Å². The lowest BCUT2D eigenvalue weighted by atomic mass is 9.70. The molecular weight excluding hydrogens is 580 g/mol. The van der Waals surface area contributed by atoms with Gasteiger partial charge in [0.05, 0.1) is 12.6 Å². The Labute approximate surface area is 268 Å². The number of rotatable bonds is 7. The number of aliphatic carboxylic acids is 1. The van der Waals surface area contributed by atoms with Gasteiger partial charge in [-0.25, -0.2) is 9.59 Å². The molecule has 2 N–H and O–H groups in total. The highest BCUT2D eigenvalue weighted by molar-refractivity contribution is 5.87. The molecule has 0 bridgehead atoms. The summed E-state index contributed by atoms with van der Waals surface area (Å²) < 4.78 is 11.2. The Balaban J connectivity index is 1.32. The molecule has 46 heavy (non-hydrogen) atoms. The molecule has 7 rings (SSSR count). The molecule has 2 aliphatic carbocycles. The predicted molar refractivity (Wildman–Crippen MR) is 172 cm³/mol. The van der Waals surface area contributed by atoms with Gasteiger partial charge in [0.2, 0.25) is 0 Å². The zero-order valence-electron chi connectivity index (χ0n) is 25.6. The number of carboxylic acids is 1. The molecule has 1 aliphatic heterocycles. The highest BCUT2D eigenvalue weighted by Crippen LogP contribution is 2.54. The van der Waals surface area contributed by atoms with Crippen molar-refractivity contribution in [3.05, 3.63) is 131 Å². The van der Waals surface area contributed by atoms with Gasteiger partial charge in [0, 0.05) is 6.04 Å². The Morgan fingerprint density at radius 1 is 0.848 bits per heavy atom. The van der Waals surface area contributed by atoms with Crippen molar-refractivity contribution < 1.29 is 29.0 Å². The highest BCUT2D eigenvalue weighted by atomic mass is 16.6. The molecule has 0 spiro atoms. The molecule has 8 heteroatoms. The van der Waals surface area contributed by atoms with Gasteiger partial charge >= 0.3 is 18.0 Å². The minimum atomic E-state index is -1.25. The summed E-state index contributed by atoms with van der Waals surface area (Å²) in [6.07, 6.45) is 0.728. The summed E-state index contributed by atoms with van der Waals surface area (Å²) in [4.78, 5) is 41.7. The molecule has 0 radical (unpaired) electrons. The second-order valence-electron chi connectivity index (χ2n) is 12.5. The van der Waals surface area contributed by atoms with Crippen LogP contribution in [0.25, 0.3) is 11.1 Å². The van der Waals surface area contributed by atoms with Crippen molar-refractivity contribution in [2.75, 3.05) is 7.11 Å². The average molecular weight is 617 g/mol. The normalized spacial score (nSPS) is 23.9. The molecular formula is C38H36N2O6. The summed E-state index contributed by atoms with van der Waals surface area (Å²) in [5, 5.41) is 14.1. The lowest BCUT2D eigenvalue weighted by molar-refractivity contribution is -0.152. The first-order valence-corrected chi connectivity index (χ1v) is 15.7. The number of carboxylic acid groups (broad SMARTS) is 1. The minimum absolute atomic E-state index is 0.0188. The van der Waals surface area contributed by atoms with E-state index in [9.17, 15) is 19.5 Å². The van der Waals surface area contributed by atoms with Crippen molar-refractivity contribution in [1.29, 1.82) is 0 Å². The number of nitrogens with zero attached hydrogens (tertiary/aromatic N) is 1. The van der Waals surface area contributed by atoms with Crippen molar-refractivity contribution in [2.45, 2.75) is 55.5 Å². The molecule has 4 aromatic carbocycles. The summed E-state index contributed by atoms with van der Waals surface area (Å²) in [5.74, 6) is -1.64. The maximum atomic E-state index is 14.1. The van der Waals surface area contributed by atoms with Gasteiger partial charge in [-0.1, -0.05) is 109 Å². The fourth-order valence-electron chi connectivity index (χ4n) is 8.10. The van der Waals surface area contributed by atoms with Gasteiger partial charge in [-0.3, -0.25) is 15.0 Å². The van der Waals surface area contributed by atoms with Crippen LogP contribution < -0.4 is 5.32 Å². The third-order valence-corrected chi connectivity index (χ3v) is 10.1. The lowest BCUT2D eigenvalue weighted by Crippen LogP contribution is -2.65. The summed E-state index contributed by atoms with van der Waals surface area (Å²) in [6, 6.07) is 34.2. The molecule has 0 aromatic heterocycles. The van der Waals surface area contributed by atoms with Crippen molar-refractivity contribution in [2.24, 2.45) is 5.92 Å². The van der Waals surface area contributed by atoms with Crippen LogP contribution in [0, 0.1) is 5.92 Å². The maximum Gasteiger partial charge on any atom is 0.411 e. The minimum Gasteiger partial charge on any atom is -0.480 e. The van der Waals surface area contributed by atoms with Gasteiger partial charge in [-0.05, 0) is 65.0 Å². The molecule has 1 heterocycles. The average Bonchev–Trinajstić information content (AvgIpc) is 3.62. The first-order valence-electron chi connectivity index (χ1n) is 15.7. The van der Waals surface area contributed by atoms with Crippen LogP contribution >= 0.6 is 0 Å². The summed E-state index contributed by atoms with van der Waals surface area (Å²) in [6.45, 7) is 0.0188. The standard InChI is InChI=1S/C38H36N2O6/c1-45-35(43)37(21-20-26-22-32(34(41)42)40(33(26)23-37)36(44)46-24-25-12-4-2-5-13-25)39-38(27-14-6-3-7-15-27)30-18-10-8-16-28(30)29-17-9-11-19-31(29)38/h2-19,26,32-33,39H,20-24H2,1H3,(H,41,42)/t26-,32+,33-,37-/m1/s1. The number of hydrogen-bond acceptors (Lipinski definition) is 6. The van der Waals surface area contributed by atoms with Crippen LogP contribution in [-0.4, -0.2) is 52.8 Å². The van der Waals surface area contributed by atoms with Crippen molar-refractivity contribution >= 4 is 18.0 Å². The number of methoxy groups -OCH3 is 1. The van der Waals surface area contributed by atoms with Crippen LogP contribution in [0.4, 0.5) is 4.79 Å². The van der Waals surface area contributed by atoms with Crippen molar-refractivity contribution in [3.8, 4) is 11.1 Å². The molecule has 0 unspecified atom stereocenters. The number of nitrogens with one attached hydrogen (secondary N) is 1. The molecule has 234 valence electrons. The first-order chi connectivity index (χ1) is 22.4. The van der Waals surface area contributed by atoms with Crippen molar-refractivity contribution in [1.82, 2.24) is 10.2 Å². The van der Waals surface area contributed by atoms with E-state index in [1.165, 1.54) is 12.0 Å². The van der Waals surface area contributed by atoms with E-state index in [0.717, 1.165) is 33.4 Å². The van der Waals surface area contributed by atoms with E-state index in [0.29, 0.717) is 19.3 Å². The van der Waals surface area contributed by atoms with E-state index in [2.05, 4.69) is 41.7 Å². The molecule has 1 saturated heterocycles. The summed E-state index contributed by atoms with van der Waals surface area (Å²) in [7, 11) is 1.38. The molecule has 4 atom stereocenters. The third kappa shape index (κ3) is 4.75. The molecule has 2 fully saturated rings. The van der Waals surface area contributed by atoms with Crippen LogP contribution in [0.2, 0.25) is 0 Å². The second kappa shape index (κ2) is 11.8. The Kier molecular flexibility index (Phi) is 7.61. The van der Waals surface area contributed by atoms with Crippen molar-refractivity contribution in [3.63, 3.8) is 0 Å². The van der Waals surface area contributed by atoms with E-state index in [1.807, 2.05) is 72.8 Å². The molecule has 3 aliphatic rings. The number of carbonyl (C=O) groups excluding carboxylic acids is 2. The van der Waals surface area contributed by atoms with E-state index >= 15 is 0 Å². The highest BCUT2D eigenvalue weighted by Gasteiger charge is 2.59. The Morgan fingerprint density at radius 2 is 1.43 bits per heavy atom. The molecule has 4 aromatic rings. The number of benzene rings is 4. The van der Waals surface area contributed by atoms with E-state index in [4.69, 9.17) is 9.47 Å². The van der Waals surface area contributed by atoms with E-state index in [-0.39, 0.29) is 18.9 Å². The number of ether oxygens (including phenoxy) is 2. The Bertz CT molecular complexity index is 1730. The monoisotopic (exact) mass is 616 g/mol. The predicted octanol–water partition coefficient (Wildman–Crippen LogP) is 6.12. The fourth-order valence-corrected chi connectivity index (χ4v) is 8.10. The smallest absolute Gasteiger partial charge is 0.411 e.